The molecule has 2 nitrogen and oxygen atoms in total. The van der Waals surface area contributed by atoms with Crippen LogP contribution in [0.5, 0.6) is 0 Å². The fraction of sp³-hybridized carbons (Fsp3) is 0.0617. The van der Waals surface area contributed by atoms with E-state index in [9.17, 15) is 0 Å². The van der Waals surface area contributed by atoms with Crippen molar-refractivity contribution in [2.45, 2.75) is 32.1 Å². The second kappa shape index (κ2) is 20.4. The maximum absolute atomic E-state index is 2.50. The van der Waals surface area contributed by atoms with Crippen molar-refractivity contribution < 1.29 is 0 Å². The molecule has 0 N–H and O–H groups in total. The molecule has 0 aromatic heterocycles. The second-order valence-electron chi connectivity index (χ2n) is 22.5. The van der Waals surface area contributed by atoms with Gasteiger partial charge in [0.15, 0.2) is 0 Å². The molecule has 1 atom stereocenters. The van der Waals surface area contributed by atoms with Crippen LogP contribution in [0.4, 0.5) is 34.1 Å². The molecule has 15 rings (SSSR count). The van der Waals surface area contributed by atoms with Gasteiger partial charge in [0.05, 0.1) is 16.8 Å². The number of hydrogen-bond acceptors (Lipinski definition) is 2. The van der Waals surface area contributed by atoms with Crippen LogP contribution in [-0.4, -0.2) is 0 Å². The van der Waals surface area contributed by atoms with Gasteiger partial charge in [-0.05, 0) is 181 Å². The van der Waals surface area contributed by atoms with Crippen molar-refractivity contribution in [3.63, 3.8) is 0 Å². The zero-order valence-corrected chi connectivity index (χ0v) is 46.8. The largest absolute Gasteiger partial charge is 0.310 e. The van der Waals surface area contributed by atoms with Gasteiger partial charge in [0, 0.05) is 39.4 Å². The topological polar surface area (TPSA) is 6.48 Å². The molecule has 0 bridgehead atoms. The Balaban J connectivity index is 0.925. The quantitative estimate of drug-likeness (QED) is 0.0889. The summed E-state index contributed by atoms with van der Waals surface area (Å²) in [5.41, 5.74) is 23.7. The lowest BCUT2D eigenvalue weighted by Gasteiger charge is -2.35. The van der Waals surface area contributed by atoms with Crippen LogP contribution in [0.3, 0.4) is 0 Å². The average Bonchev–Trinajstić information content (AvgIpc) is 2.10. The lowest BCUT2D eigenvalue weighted by molar-refractivity contribution is 0.768. The highest BCUT2D eigenvalue weighted by Crippen LogP contribution is 2.57. The Morgan fingerprint density at radius 3 is 1.31 bits per heavy atom. The van der Waals surface area contributed by atoms with Gasteiger partial charge >= 0.3 is 0 Å². The SMILES string of the molecule is Cc1cccc(N(c2cccc(C(c3ccccc3)c3ccccc3-c3ccccc3C)c2)c2ccc3ccc4c(N(c5cccc(C)c5)c5cccc(C6(c7ccccc7)c7ccccc7-c7ccccc76)c5)ccc5ccc2c3c54)c1. The molecular weight excluding hydrogens is 1000 g/mol. The summed E-state index contributed by atoms with van der Waals surface area (Å²) in [6, 6.07) is 113. The number of rotatable bonds is 12. The molecule has 1 aliphatic carbocycles. The lowest BCUT2D eigenvalue weighted by atomic mass is 9.67. The molecular formula is C81H60N2. The molecule has 0 saturated heterocycles. The fourth-order valence-electron chi connectivity index (χ4n) is 14.0. The van der Waals surface area contributed by atoms with Gasteiger partial charge < -0.3 is 9.80 Å². The third-order valence-corrected chi connectivity index (χ3v) is 17.6. The molecule has 394 valence electrons. The van der Waals surface area contributed by atoms with E-state index in [-0.39, 0.29) is 5.92 Å². The van der Waals surface area contributed by atoms with Gasteiger partial charge in [0.2, 0.25) is 0 Å². The predicted octanol–water partition coefficient (Wildman–Crippen LogP) is 21.7. The molecule has 0 saturated carbocycles. The van der Waals surface area contributed by atoms with Crippen LogP contribution in [0, 0.1) is 20.8 Å². The highest BCUT2D eigenvalue weighted by atomic mass is 15.2. The van der Waals surface area contributed by atoms with Gasteiger partial charge in [0.1, 0.15) is 0 Å². The van der Waals surface area contributed by atoms with Crippen LogP contribution in [0.1, 0.15) is 61.6 Å². The third-order valence-electron chi connectivity index (χ3n) is 17.6. The van der Waals surface area contributed by atoms with Gasteiger partial charge in [-0.1, -0.05) is 243 Å². The summed E-state index contributed by atoms with van der Waals surface area (Å²) in [6.07, 6.45) is 0. The zero-order valence-electron chi connectivity index (χ0n) is 46.8. The average molecular weight is 1060 g/mol. The predicted molar refractivity (Wildman–Crippen MR) is 350 cm³/mol. The van der Waals surface area contributed by atoms with E-state index in [4.69, 9.17) is 0 Å². The molecule has 14 aromatic carbocycles. The van der Waals surface area contributed by atoms with E-state index >= 15 is 0 Å². The van der Waals surface area contributed by atoms with E-state index in [0.717, 1.165) is 34.1 Å². The summed E-state index contributed by atoms with van der Waals surface area (Å²) in [5, 5.41) is 7.32. The smallest absolute Gasteiger partial charge is 0.0714 e. The van der Waals surface area contributed by atoms with Gasteiger partial charge in [-0.3, -0.25) is 0 Å². The lowest BCUT2D eigenvalue weighted by Crippen LogP contribution is -2.28. The molecule has 1 aliphatic rings. The number of aryl methyl sites for hydroxylation is 3. The summed E-state index contributed by atoms with van der Waals surface area (Å²) < 4.78 is 0. The maximum Gasteiger partial charge on any atom is 0.0714 e. The summed E-state index contributed by atoms with van der Waals surface area (Å²) in [5.74, 6) is -0.0307. The molecule has 0 aliphatic heterocycles. The van der Waals surface area contributed by atoms with Crippen LogP contribution in [0.15, 0.2) is 303 Å². The van der Waals surface area contributed by atoms with Gasteiger partial charge in [-0.15, -0.1) is 0 Å². The van der Waals surface area contributed by atoms with E-state index in [1.165, 1.54) is 110 Å². The summed E-state index contributed by atoms with van der Waals surface area (Å²) in [7, 11) is 0. The second-order valence-corrected chi connectivity index (χ2v) is 22.5. The van der Waals surface area contributed by atoms with Crippen LogP contribution in [-0.2, 0) is 5.41 Å². The molecule has 0 radical (unpaired) electrons. The Kier molecular flexibility index (Phi) is 12.2. The third kappa shape index (κ3) is 8.24. The fourth-order valence-corrected chi connectivity index (χ4v) is 14.0. The normalized spacial score (nSPS) is 12.8. The zero-order chi connectivity index (χ0) is 55.6. The number of nitrogens with zero attached hydrogens (tertiary/aromatic N) is 2. The first kappa shape index (κ1) is 49.7. The Bertz CT molecular complexity index is 4700. The molecule has 0 fully saturated rings. The van der Waals surface area contributed by atoms with Crippen molar-refractivity contribution >= 4 is 66.4 Å². The standard InChI is InChI=1S/C81H60N2/c1-54-22-18-31-63(50-54)82(65-33-20-27-60(52-65)78(57-25-6-4-7-26-57)71-39-13-12-36-68(71)67-35-11-10-24-56(67)3)76-48-44-58-43-47-73-77(49-45-59-42-46-72(76)79(58)80(59)73)83(64-32-19-23-55(2)51-64)66-34-21-30-62(53-66)81(61-28-8-5-9-29-61)74-40-16-14-37-69(74)70-38-15-17-41-75(70)81/h4-53,78H,1-3H3. The first-order chi connectivity index (χ1) is 40.9. The van der Waals surface area contributed by atoms with Crippen LogP contribution in [0.25, 0.3) is 54.6 Å². The van der Waals surface area contributed by atoms with Crippen LogP contribution < -0.4 is 9.80 Å². The van der Waals surface area contributed by atoms with Crippen LogP contribution in [0.2, 0.25) is 0 Å². The number of fused-ring (bicyclic) bond motifs is 3. The molecule has 1 unspecified atom stereocenters. The summed E-state index contributed by atoms with van der Waals surface area (Å²) in [6.45, 7) is 6.61. The molecule has 0 spiro atoms. The first-order valence-corrected chi connectivity index (χ1v) is 29.0. The Hall–Kier alpha value is -10.3. The van der Waals surface area contributed by atoms with E-state index < -0.39 is 5.41 Å². The minimum absolute atomic E-state index is 0.0307. The molecule has 2 heteroatoms. The number of hydrogen-bond donors (Lipinski definition) is 0. The van der Waals surface area contributed by atoms with Gasteiger partial charge in [-0.25, -0.2) is 0 Å². The van der Waals surface area contributed by atoms with E-state index in [0.29, 0.717) is 0 Å². The summed E-state index contributed by atoms with van der Waals surface area (Å²) in [4.78, 5) is 4.99. The monoisotopic (exact) mass is 1060 g/mol. The van der Waals surface area contributed by atoms with Crippen molar-refractivity contribution in [3.05, 3.63) is 359 Å². The van der Waals surface area contributed by atoms with Crippen molar-refractivity contribution in [1.82, 2.24) is 0 Å². The van der Waals surface area contributed by atoms with E-state index in [2.05, 4.69) is 334 Å². The highest BCUT2D eigenvalue weighted by Gasteiger charge is 2.46. The minimum atomic E-state index is -0.543. The molecule has 0 heterocycles. The molecule has 0 amide bonds. The number of anilines is 6. The Morgan fingerprint density at radius 1 is 0.301 bits per heavy atom. The minimum Gasteiger partial charge on any atom is -0.310 e. The Morgan fingerprint density at radius 2 is 0.735 bits per heavy atom. The van der Waals surface area contributed by atoms with E-state index in [1.54, 1.807) is 0 Å². The maximum atomic E-state index is 2.50. The highest BCUT2D eigenvalue weighted by molar-refractivity contribution is 6.28. The van der Waals surface area contributed by atoms with Crippen molar-refractivity contribution in [2.24, 2.45) is 0 Å². The first-order valence-electron chi connectivity index (χ1n) is 29.0. The molecule has 14 aromatic rings. The molecule has 83 heavy (non-hydrogen) atoms. The van der Waals surface area contributed by atoms with Crippen molar-refractivity contribution in [2.75, 3.05) is 9.80 Å². The Labute approximate surface area is 486 Å². The van der Waals surface area contributed by atoms with Gasteiger partial charge in [0.25, 0.3) is 0 Å². The van der Waals surface area contributed by atoms with Crippen LogP contribution >= 0.6 is 0 Å². The van der Waals surface area contributed by atoms with E-state index in [1.807, 2.05) is 0 Å². The number of benzene rings is 14. The van der Waals surface area contributed by atoms with Crippen molar-refractivity contribution in [3.8, 4) is 22.3 Å². The van der Waals surface area contributed by atoms with Crippen molar-refractivity contribution in [1.29, 1.82) is 0 Å². The summed E-state index contributed by atoms with van der Waals surface area (Å²) >= 11 is 0. The van der Waals surface area contributed by atoms with Gasteiger partial charge in [-0.2, -0.15) is 0 Å².